The van der Waals surface area contributed by atoms with Crippen molar-refractivity contribution in [3.05, 3.63) is 0 Å². The molecule has 0 aliphatic heterocycles. The van der Waals surface area contributed by atoms with E-state index in [2.05, 4.69) is 19.9 Å². The number of nitrogens with zero attached hydrogens (tertiary/aromatic N) is 1. The predicted octanol–water partition coefficient (Wildman–Crippen LogP) is 9.21. The maximum absolute atomic E-state index is 9.83. The van der Waals surface area contributed by atoms with Gasteiger partial charge in [-0.25, -0.2) is 0 Å². The van der Waals surface area contributed by atoms with Gasteiger partial charge in [-0.05, 0) is 62.7 Å². The first-order valence-electron chi connectivity index (χ1n) is 13.1. The molecule has 0 aromatic carbocycles. The average Bonchev–Trinajstić information content (AvgIpc) is 2.75. The minimum Gasteiger partial charge on any atom is -0.198 e. The summed E-state index contributed by atoms with van der Waals surface area (Å²) in [6.45, 7) is 4.58. The molecule has 1 nitrogen and oxygen atoms in total. The molecule has 0 bridgehead atoms. The largest absolute Gasteiger partial charge is 0.198 e. The summed E-state index contributed by atoms with van der Waals surface area (Å²) < 4.78 is 0. The van der Waals surface area contributed by atoms with Gasteiger partial charge in [0.05, 0.1) is 11.5 Å². The van der Waals surface area contributed by atoms with E-state index < -0.39 is 0 Å². The second-order valence-electron chi connectivity index (χ2n) is 10.4. The lowest BCUT2D eigenvalue weighted by Crippen LogP contribution is -2.31. The van der Waals surface area contributed by atoms with Crippen LogP contribution >= 0.6 is 0 Å². The van der Waals surface area contributed by atoms with Gasteiger partial charge in [0.1, 0.15) is 0 Å². The van der Waals surface area contributed by atoms with Crippen molar-refractivity contribution >= 4 is 0 Å². The van der Waals surface area contributed by atoms with Crippen LogP contribution in [0.15, 0.2) is 0 Å². The van der Waals surface area contributed by atoms with E-state index in [0.29, 0.717) is 0 Å². The van der Waals surface area contributed by atoms with Crippen LogP contribution in [0.4, 0.5) is 0 Å². The van der Waals surface area contributed by atoms with Gasteiger partial charge in [0.2, 0.25) is 0 Å². The summed E-state index contributed by atoms with van der Waals surface area (Å²) in [5, 5.41) is 9.83. The molecule has 2 rings (SSSR count). The average molecular weight is 388 g/mol. The van der Waals surface area contributed by atoms with Crippen LogP contribution < -0.4 is 0 Å². The van der Waals surface area contributed by atoms with Gasteiger partial charge in [-0.2, -0.15) is 5.26 Å². The molecule has 0 amide bonds. The van der Waals surface area contributed by atoms with Gasteiger partial charge >= 0.3 is 0 Å². The molecule has 2 fully saturated rings. The maximum Gasteiger partial charge on any atom is 0.0689 e. The van der Waals surface area contributed by atoms with E-state index in [9.17, 15) is 5.26 Å². The minimum absolute atomic E-state index is 0.0409. The molecule has 1 heteroatoms. The van der Waals surface area contributed by atoms with Crippen LogP contribution in [0.2, 0.25) is 0 Å². The Bertz CT molecular complexity index is 418. The van der Waals surface area contributed by atoms with E-state index in [1.807, 2.05) is 0 Å². The first kappa shape index (κ1) is 23.8. The van der Waals surface area contributed by atoms with Gasteiger partial charge in [-0.15, -0.1) is 0 Å². The van der Waals surface area contributed by atoms with E-state index >= 15 is 0 Å². The van der Waals surface area contributed by atoms with Crippen LogP contribution in [0.1, 0.15) is 142 Å². The quantitative estimate of drug-likeness (QED) is 0.289. The fourth-order valence-corrected chi connectivity index (χ4v) is 6.13. The Kier molecular flexibility index (Phi) is 11.6. The highest BCUT2D eigenvalue weighted by Crippen LogP contribution is 2.47. The Morgan fingerprint density at radius 2 is 1.21 bits per heavy atom. The van der Waals surface area contributed by atoms with E-state index in [4.69, 9.17) is 0 Å². The first-order valence-corrected chi connectivity index (χ1v) is 13.1. The maximum atomic E-state index is 9.83. The summed E-state index contributed by atoms with van der Waals surface area (Å²) in [5.74, 6) is 2.95. The number of rotatable bonds is 13. The van der Waals surface area contributed by atoms with Gasteiger partial charge in [0.15, 0.2) is 0 Å². The molecule has 2 aliphatic carbocycles. The Morgan fingerprint density at radius 3 is 1.82 bits per heavy atom. The zero-order valence-electron chi connectivity index (χ0n) is 19.3. The number of hydrogen-bond donors (Lipinski definition) is 0. The van der Waals surface area contributed by atoms with E-state index in [0.717, 1.165) is 17.8 Å². The minimum atomic E-state index is 0.0409. The number of unbranched alkanes of at least 4 members (excludes halogenated alkanes) is 8. The molecular formula is C27H49N. The summed E-state index contributed by atoms with van der Waals surface area (Å²) >= 11 is 0. The van der Waals surface area contributed by atoms with Crippen molar-refractivity contribution in [3.8, 4) is 6.07 Å². The van der Waals surface area contributed by atoms with Crippen LogP contribution in [0.25, 0.3) is 0 Å². The Labute approximate surface area is 177 Å². The standard InChI is InChI=1S/C27H49N/c1-3-5-7-9-10-11-13-24-14-16-25(17-15-24)26-18-21-27(23-28,22-19-26)20-12-8-6-4-2/h24-26H,3-22H2,1-2H3. The molecule has 2 saturated carbocycles. The summed E-state index contributed by atoms with van der Waals surface area (Å²) in [5.41, 5.74) is 0.0409. The van der Waals surface area contributed by atoms with Crippen LogP contribution in [-0.4, -0.2) is 0 Å². The molecule has 0 unspecified atom stereocenters. The monoisotopic (exact) mass is 387 g/mol. The lowest BCUT2D eigenvalue weighted by Gasteiger charge is -2.41. The molecular weight excluding hydrogens is 338 g/mol. The summed E-state index contributed by atoms with van der Waals surface area (Å²) in [7, 11) is 0. The predicted molar refractivity (Wildman–Crippen MR) is 122 cm³/mol. The molecule has 0 heterocycles. The van der Waals surface area contributed by atoms with Crippen molar-refractivity contribution in [3.63, 3.8) is 0 Å². The smallest absolute Gasteiger partial charge is 0.0689 e. The third kappa shape index (κ3) is 8.08. The van der Waals surface area contributed by atoms with Crippen molar-refractivity contribution in [2.75, 3.05) is 0 Å². The lowest BCUT2D eigenvalue weighted by molar-refractivity contribution is 0.114. The fourth-order valence-electron chi connectivity index (χ4n) is 6.13. The molecule has 0 N–H and O–H groups in total. The Hall–Kier alpha value is -0.510. The topological polar surface area (TPSA) is 23.8 Å². The molecule has 28 heavy (non-hydrogen) atoms. The summed E-state index contributed by atoms with van der Waals surface area (Å²) in [6, 6.07) is 2.77. The molecule has 0 spiro atoms. The van der Waals surface area contributed by atoms with E-state index in [1.54, 1.807) is 0 Å². The summed E-state index contributed by atoms with van der Waals surface area (Å²) in [6.07, 6.45) is 27.6. The second kappa shape index (κ2) is 13.7. The van der Waals surface area contributed by atoms with Crippen LogP contribution in [0, 0.1) is 34.5 Å². The van der Waals surface area contributed by atoms with Crippen molar-refractivity contribution in [1.29, 1.82) is 5.26 Å². The first-order chi connectivity index (χ1) is 13.7. The van der Waals surface area contributed by atoms with Crippen LogP contribution in [0.5, 0.6) is 0 Å². The molecule has 2 aliphatic rings. The van der Waals surface area contributed by atoms with Gasteiger partial charge < -0.3 is 0 Å². The molecule has 162 valence electrons. The highest BCUT2D eigenvalue weighted by atomic mass is 14.4. The molecule has 0 aromatic heterocycles. The molecule has 0 atom stereocenters. The molecule has 0 radical (unpaired) electrons. The summed E-state index contributed by atoms with van der Waals surface area (Å²) in [4.78, 5) is 0. The van der Waals surface area contributed by atoms with Crippen molar-refractivity contribution in [2.24, 2.45) is 23.2 Å². The third-order valence-electron chi connectivity index (χ3n) is 8.26. The van der Waals surface area contributed by atoms with Crippen molar-refractivity contribution in [2.45, 2.75) is 142 Å². The van der Waals surface area contributed by atoms with Crippen LogP contribution in [0.3, 0.4) is 0 Å². The van der Waals surface area contributed by atoms with Crippen molar-refractivity contribution in [1.82, 2.24) is 0 Å². The molecule has 0 aromatic rings. The third-order valence-corrected chi connectivity index (χ3v) is 8.26. The number of nitriles is 1. The highest BCUT2D eigenvalue weighted by Gasteiger charge is 2.38. The van der Waals surface area contributed by atoms with Gasteiger partial charge in [0.25, 0.3) is 0 Å². The normalized spacial score (nSPS) is 30.8. The second-order valence-corrected chi connectivity index (χ2v) is 10.4. The number of hydrogen-bond acceptors (Lipinski definition) is 1. The Balaban J connectivity index is 1.60. The van der Waals surface area contributed by atoms with E-state index in [1.165, 1.54) is 128 Å². The fraction of sp³-hybridized carbons (Fsp3) is 0.963. The van der Waals surface area contributed by atoms with E-state index in [-0.39, 0.29) is 5.41 Å². The van der Waals surface area contributed by atoms with Gasteiger partial charge in [0, 0.05) is 0 Å². The molecule has 0 saturated heterocycles. The highest BCUT2D eigenvalue weighted by molar-refractivity contribution is 5.02. The van der Waals surface area contributed by atoms with Gasteiger partial charge in [-0.3, -0.25) is 0 Å². The SMILES string of the molecule is CCCCCCCCC1CCC(C2CCC(C#N)(CCCCCC)CC2)CC1. The zero-order valence-corrected chi connectivity index (χ0v) is 19.3. The lowest BCUT2D eigenvalue weighted by atomic mass is 9.63. The Morgan fingerprint density at radius 1 is 0.679 bits per heavy atom. The zero-order chi connectivity index (χ0) is 20.1. The van der Waals surface area contributed by atoms with Gasteiger partial charge in [-0.1, -0.05) is 97.3 Å². The van der Waals surface area contributed by atoms with Crippen LogP contribution in [-0.2, 0) is 0 Å². The van der Waals surface area contributed by atoms with Crippen molar-refractivity contribution < 1.29 is 0 Å².